The zero-order valence-corrected chi connectivity index (χ0v) is 18.1. The molecule has 1 heterocycles. The Morgan fingerprint density at radius 1 is 0.833 bits per heavy atom. The molecule has 0 unspecified atom stereocenters. The number of piperidine rings is 1. The lowest BCUT2D eigenvalue weighted by atomic mass is 9.88. The van der Waals surface area contributed by atoms with E-state index in [0.29, 0.717) is 19.8 Å². The molecule has 0 aromatic heterocycles. The molecule has 0 saturated carbocycles. The molecule has 2 N–H and O–H groups in total. The molecule has 1 fully saturated rings. The van der Waals surface area contributed by atoms with Crippen molar-refractivity contribution in [3.8, 4) is 0 Å². The minimum atomic E-state index is -0.451. The topological polar surface area (TPSA) is 64.8 Å². The first-order chi connectivity index (χ1) is 14.2. The number of ether oxygens (including phenoxy) is 2. The van der Waals surface area contributed by atoms with Crippen LogP contribution in [0.3, 0.4) is 0 Å². The van der Waals surface area contributed by atoms with Crippen LogP contribution in [0.5, 0.6) is 0 Å². The van der Waals surface area contributed by atoms with Crippen molar-refractivity contribution in [3.63, 3.8) is 0 Å². The van der Waals surface area contributed by atoms with Crippen molar-refractivity contribution in [2.45, 2.75) is 12.8 Å². The van der Waals surface area contributed by atoms with E-state index in [-0.39, 0.29) is 19.0 Å². The molecule has 1 amide bonds. The molecule has 6 heteroatoms. The Balaban J connectivity index is 0.00000320. The number of benzene rings is 2. The van der Waals surface area contributed by atoms with E-state index >= 15 is 0 Å². The molecule has 1 aliphatic rings. The van der Waals surface area contributed by atoms with Gasteiger partial charge in [-0.25, -0.2) is 0 Å². The summed E-state index contributed by atoms with van der Waals surface area (Å²) in [5.41, 5.74) is 10.5. The van der Waals surface area contributed by atoms with E-state index in [4.69, 9.17) is 15.2 Å². The zero-order valence-electron chi connectivity index (χ0n) is 17.3. The molecule has 5 nitrogen and oxygen atoms in total. The van der Waals surface area contributed by atoms with Gasteiger partial charge in [0.25, 0.3) is 0 Å². The van der Waals surface area contributed by atoms with Gasteiger partial charge in [0.15, 0.2) is 0 Å². The fraction of sp³-hybridized carbons (Fsp3) is 0.375. The first-order valence-electron chi connectivity index (χ1n) is 10.2. The zero-order chi connectivity index (χ0) is 20.3. The van der Waals surface area contributed by atoms with Crippen LogP contribution in [0.25, 0.3) is 5.57 Å². The number of hydrogen-bond acceptors (Lipinski definition) is 4. The predicted molar refractivity (Wildman–Crippen MR) is 123 cm³/mol. The van der Waals surface area contributed by atoms with Gasteiger partial charge in [-0.1, -0.05) is 66.2 Å². The van der Waals surface area contributed by atoms with Gasteiger partial charge in [0, 0.05) is 19.6 Å². The Bertz CT molecular complexity index is 745. The largest absolute Gasteiger partial charge is 0.378 e. The molecule has 2 aromatic carbocycles. The Morgan fingerprint density at radius 2 is 1.37 bits per heavy atom. The molecule has 30 heavy (non-hydrogen) atoms. The third kappa shape index (κ3) is 7.58. The predicted octanol–water partition coefficient (Wildman–Crippen LogP) is 3.52. The van der Waals surface area contributed by atoms with Crippen molar-refractivity contribution in [1.29, 1.82) is 0 Å². The highest BCUT2D eigenvalue weighted by atomic mass is 35.5. The first kappa shape index (κ1) is 24.1. The summed E-state index contributed by atoms with van der Waals surface area (Å²) in [4.78, 5) is 13.0. The third-order valence-electron chi connectivity index (χ3n) is 5.11. The van der Waals surface area contributed by atoms with Crippen molar-refractivity contribution in [2.24, 2.45) is 5.73 Å². The number of amides is 1. The summed E-state index contributed by atoms with van der Waals surface area (Å²) in [6.45, 7) is 4.50. The maximum absolute atomic E-state index is 10.6. The molecular formula is C24H31ClN2O3. The van der Waals surface area contributed by atoms with E-state index < -0.39 is 5.91 Å². The highest BCUT2D eigenvalue weighted by Crippen LogP contribution is 2.32. The number of rotatable bonds is 10. The molecule has 0 bridgehead atoms. The summed E-state index contributed by atoms with van der Waals surface area (Å²) < 4.78 is 10.7. The van der Waals surface area contributed by atoms with Gasteiger partial charge in [-0.05, 0) is 29.5 Å². The number of halogens is 1. The number of likely N-dealkylation sites (tertiary alicyclic amines) is 1. The molecule has 0 atom stereocenters. The van der Waals surface area contributed by atoms with Crippen LogP contribution in [0.2, 0.25) is 0 Å². The fourth-order valence-corrected chi connectivity index (χ4v) is 3.67. The second-order valence-corrected chi connectivity index (χ2v) is 7.18. The maximum atomic E-state index is 10.6. The first-order valence-corrected chi connectivity index (χ1v) is 10.2. The highest BCUT2D eigenvalue weighted by Gasteiger charge is 2.18. The SMILES string of the molecule is Cl.NC(=O)COCCOCCN1CCC(=C(c2ccccc2)c2ccccc2)CC1. The highest BCUT2D eigenvalue weighted by molar-refractivity contribution is 5.85. The maximum Gasteiger partial charge on any atom is 0.243 e. The van der Waals surface area contributed by atoms with E-state index in [9.17, 15) is 4.79 Å². The smallest absolute Gasteiger partial charge is 0.243 e. The lowest BCUT2D eigenvalue weighted by Gasteiger charge is -2.30. The lowest BCUT2D eigenvalue weighted by molar-refractivity contribution is -0.123. The number of nitrogens with two attached hydrogens (primary N) is 1. The second-order valence-electron chi connectivity index (χ2n) is 7.18. The van der Waals surface area contributed by atoms with Crippen LogP contribution in [0, 0.1) is 0 Å². The molecule has 3 rings (SSSR count). The number of primary amides is 1. The monoisotopic (exact) mass is 430 g/mol. The summed E-state index contributed by atoms with van der Waals surface area (Å²) >= 11 is 0. The number of nitrogens with zero attached hydrogens (tertiary/aromatic N) is 1. The number of carbonyl (C=O) groups is 1. The molecule has 0 radical (unpaired) electrons. The molecule has 0 aliphatic carbocycles. The fourth-order valence-electron chi connectivity index (χ4n) is 3.67. The van der Waals surface area contributed by atoms with E-state index in [0.717, 1.165) is 32.5 Å². The summed E-state index contributed by atoms with van der Waals surface area (Å²) in [6.07, 6.45) is 2.14. The average Bonchev–Trinajstić information content (AvgIpc) is 2.76. The van der Waals surface area contributed by atoms with Gasteiger partial charge < -0.3 is 20.1 Å². The van der Waals surface area contributed by atoms with Gasteiger partial charge in [-0.3, -0.25) is 4.79 Å². The van der Waals surface area contributed by atoms with Crippen LogP contribution in [-0.2, 0) is 14.3 Å². The Labute approximate surface area is 185 Å². The summed E-state index contributed by atoms with van der Waals surface area (Å²) in [7, 11) is 0. The van der Waals surface area contributed by atoms with Gasteiger partial charge in [0.1, 0.15) is 6.61 Å². The molecular weight excluding hydrogens is 400 g/mol. The van der Waals surface area contributed by atoms with Gasteiger partial charge >= 0.3 is 0 Å². The quantitative estimate of drug-likeness (QED) is 0.585. The minimum Gasteiger partial charge on any atom is -0.378 e. The summed E-state index contributed by atoms with van der Waals surface area (Å²) in [5, 5.41) is 0. The normalized spacial score (nSPS) is 14.2. The minimum absolute atomic E-state index is 0. The summed E-state index contributed by atoms with van der Waals surface area (Å²) in [5.74, 6) is -0.451. The van der Waals surface area contributed by atoms with Gasteiger partial charge in [-0.2, -0.15) is 0 Å². The average molecular weight is 431 g/mol. The Morgan fingerprint density at radius 3 is 1.90 bits per heavy atom. The molecule has 1 aliphatic heterocycles. The van der Waals surface area contributed by atoms with Crippen LogP contribution >= 0.6 is 12.4 Å². The molecule has 162 valence electrons. The summed E-state index contributed by atoms with van der Waals surface area (Å²) in [6, 6.07) is 21.4. The van der Waals surface area contributed by atoms with Crippen molar-refractivity contribution in [2.75, 3.05) is 46.1 Å². The van der Waals surface area contributed by atoms with Gasteiger partial charge in [-0.15, -0.1) is 12.4 Å². The Hall–Kier alpha value is -2.18. The van der Waals surface area contributed by atoms with Crippen molar-refractivity contribution < 1.29 is 14.3 Å². The van der Waals surface area contributed by atoms with Crippen LogP contribution in [0.4, 0.5) is 0 Å². The number of hydrogen-bond donors (Lipinski definition) is 1. The molecule has 2 aromatic rings. The lowest BCUT2D eigenvalue weighted by Crippen LogP contribution is -2.34. The second kappa shape index (κ2) is 13.2. The number of carbonyl (C=O) groups excluding carboxylic acids is 1. The molecule has 0 spiro atoms. The van der Waals surface area contributed by atoms with Crippen LogP contribution in [-0.4, -0.2) is 56.9 Å². The van der Waals surface area contributed by atoms with Gasteiger partial charge in [0.05, 0.1) is 19.8 Å². The van der Waals surface area contributed by atoms with E-state index in [1.165, 1.54) is 22.3 Å². The van der Waals surface area contributed by atoms with E-state index in [2.05, 4.69) is 65.6 Å². The van der Waals surface area contributed by atoms with Crippen molar-refractivity contribution in [3.05, 3.63) is 77.4 Å². The van der Waals surface area contributed by atoms with Crippen molar-refractivity contribution in [1.82, 2.24) is 4.90 Å². The van der Waals surface area contributed by atoms with Crippen LogP contribution < -0.4 is 5.73 Å². The Kier molecular flexibility index (Phi) is 10.6. The van der Waals surface area contributed by atoms with E-state index in [1.807, 2.05) is 0 Å². The standard InChI is InChI=1S/C24H30N2O3.ClH/c25-23(27)19-29-18-17-28-16-15-26-13-11-22(12-14-26)24(20-7-3-1-4-8-20)21-9-5-2-6-10-21;/h1-10H,11-19H2,(H2,25,27);1H. The molecule has 1 saturated heterocycles. The van der Waals surface area contributed by atoms with Crippen LogP contribution in [0.15, 0.2) is 66.2 Å². The van der Waals surface area contributed by atoms with E-state index in [1.54, 1.807) is 0 Å². The van der Waals surface area contributed by atoms with Crippen LogP contribution in [0.1, 0.15) is 24.0 Å². The van der Waals surface area contributed by atoms with Crippen molar-refractivity contribution >= 4 is 23.9 Å². The third-order valence-corrected chi connectivity index (χ3v) is 5.11. The van der Waals surface area contributed by atoms with Gasteiger partial charge in [0.2, 0.25) is 5.91 Å².